The molecule has 0 saturated heterocycles. The molecular formula is C19H16ClN3O4S. The quantitative estimate of drug-likeness (QED) is 0.641. The van der Waals surface area contributed by atoms with Gasteiger partial charge in [-0.15, -0.1) is 0 Å². The van der Waals surface area contributed by atoms with Crippen LogP contribution in [0.2, 0.25) is 5.02 Å². The van der Waals surface area contributed by atoms with Gasteiger partial charge in [0.15, 0.2) is 15.6 Å². The summed E-state index contributed by atoms with van der Waals surface area (Å²) in [4.78, 5) is 25.0. The third-order valence-corrected chi connectivity index (χ3v) is 5.30. The number of hydrogen-bond donors (Lipinski definition) is 1. The highest BCUT2D eigenvalue weighted by atomic mass is 35.5. The molecule has 0 aliphatic rings. The minimum Gasteiger partial charge on any atom is -0.322 e. The van der Waals surface area contributed by atoms with Gasteiger partial charge in [0.2, 0.25) is 0 Å². The summed E-state index contributed by atoms with van der Waals surface area (Å²) < 4.78 is 24.7. The van der Waals surface area contributed by atoms with E-state index in [1.54, 1.807) is 30.3 Å². The van der Waals surface area contributed by atoms with Crippen molar-refractivity contribution in [1.29, 1.82) is 0 Å². The molecule has 0 fully saturated rings. The van der Waals surface area contributed by atoms with Crippen molar-refractivity contribution in [2.24, 2.45) is 0 Å². The fourth-order valence-electron chi connectivity index (χ4n) is 2.63. The fraction of sp³-hybridized carbons (Fsp3) is 0.105. The van der Waals surface area contributed by atoms with Crippen LogP contribution in [0.1, 0.15) is 27.8 Å². The van der Waals surface area contributed by atoms with E-state index < -0.39 is 15.7 Å². The van der Waals surface area contributed by atoms with Gasteiger partial charge in [-0.1, -0.05) is 17.7 Å². The fourth-order valence-corrected chi connectivity index (χ4v) is 3.43. The predicted molar refractivity (Wildman–Crippen MR) is 106 cm³/mol. The minimum atomic E-state index is -3.42. The molecule has 144 valence electrons. The minimum absolute atomic E-state index is 0.0761. The van der Waals surface area contributed by atoms with Crippen molar-refractivity contribution in [3.8, 4) is 5.69 Å². The van der Waals surface area contributed by atoms with Crippen LogP contribution in [0, 0.1) is 0 Å². The lowest BCUT2D eigenvalue weighted by atomic mass is 10.1. The first-order valence-electron chi connectivity index (χ1n) is 8.13. The Bertz CT molecular complexity index is 1170. The number of hydrogen-bond acceptors (Lipinski definition) is 5. The van der Waals surface area contributed by atoms with Crippen molar-refractivity contribution in [3.63, 3.8) is 0 Å². The van der Waals surface area contributed by atoms with E-state index in [4.69, 9.17) is 11.6 Å². The molecule has 3 rings (SSSR count). The number of benzene rings is 2. The number of ketones is 1. The molecule has 0 spiro atoms. The summed E-state index contributed by atoms with van der Waals surface area (Å²) >= 11 is 5.89. The highest BCUT2D eigenvalue weighted by molar-refractivity contribution is 7.90. The Balaban J connectivity index is 1.97. The molecule has 0 aliphatic heterocycles. The van der Waals surface area contributed by atoms with Gasteiger partial charge in [-0.3, -0.25) is 9.59 Å². The van der Waals surface area contributed by atoms with Crippen molar-refractivity contribution < 1.29 is 18.0 Å². The normalized spacial score (nSPS) is 11.2. The number of sulfone groups is 1. The Kier molecular flexibility index (Phi) is 5.35. The van der Waals surface area contributed by atoms with Crippen molar-refractivity contribution in [2.45, 2.75) is 11.8 Å². The third-order valence-electron chi connectivity index (χ3n) is 3.94. The molecule has 0 atom stereocenters. The summed E-state index contributed by atoms with van der Waals surface area (Å²) in [6.07, 6.45) is 2.37. The summed E-state index contributed by atoms with van der Waals surface area (Å²) in [7, 11) is -3.42. The molecule has 0 bridgehead atoms. The number of halogens is 1. The van der Waals surface area contributed by atoms with Crippen molar-refractivity contribution >= 4 is 38.8 Å². The van der Waals surface area contributed by atoms with Gasteiger partial charge in [-0.2, -0.15) is 5.10 Å². The molecule has 0 radical (unpaired) electrons. The second-order valence-corrected chi connectivity index (χ2v) is 8.56. The second-order valence-electron chi connectivity index (χ2n) is 6.11. The average Bonchev–Trinajstić information content (AvgIpc) is 3.07. The largest absolute Gasteiger partial charge is 0.322 e. The first-order valence-corrected chi connectivity index (χ1v) is 10.4. The number of amides is 1. The number of rotatable bonds is 5. The monoisotopic (exact) mass is 417 g/mol. The first-order chi connectivity index (χ1) is 13.2. The Morgan fingerprint density at radius 1 is 1.11 bits per heavy atom. The van der Waals surface area contributed by atoms with Crippen LogP contribution in [0.5, 0.6) is 0 Å². The first kappa shape index (κ1) is 19.8. The molecular weight excluding hydrogens is 402 g/mol. The average molecular weight is 418 g/mol. The Hall–Kier alpha value is -2.97. The van der Waals surface area contributed by atoms with Crippen LogP contribution in [-0.4, -0.2) is 36.1 Å². The van der Waals surface area contributed by atoms with Gasteiger partial charge in [0.05, 0.1) is 22.3 Å². The van der Waals surface area contributed by atoms with E-state index in [2.05, 4.69) is 10.4 Å². The highest BCUT2D eigenvalue weighted by Gasteiger charge is 2.22. The maximum absolute atomic E-state index is 12.7. The maximum Gasteiger partial charge on any atom is 0.259 e. The number of aromatic nitrogens is 2. The molecule has 9 heteroatoms. The molecule has 1 N–H and O–H groups in total. The molecule has 0 unspecified atom stereocenters. The van der Waals surface area contributed by atoms with E-state index in [9.17, 15) is 18.0 Å². The van der Waals surface area contributed by atoms with Crippen LogP contribution in [0.3, 0.4) is 0 Å². The van der Waals surface area contributed by atoms with Gasteiger partial charge >= 0.3 is 0 Å². The number of nitrogens with one attached hydrogen (secondary N) is 1. The lowest BCUT2D eigenvalue weighted by Crippen LogP contribution is -2.17. The zero-order chi connectivity index (χ0) is 20.5. The van der Waals surface area contributed by atoms with Crippen molar-refractivity contribution in [1.82, 2.24) is 9.78 Å². The van der Waals surface area contributed by atoms with E-state index in [0.29, 0.717) is 16.4 Å². The zero-order valence-corrected chi connectivity index (χ0v) is 16.6. The number of carbonyl (C=O) groups excluding carboxylic acids is 2. The lowest BCUT2D eigenvalue weighted by Gasteiger charge is -2.09. The third kappa shape index (κ3) is 4.13. The maximum atomic E-state index is 12.7. The SMILES string of the molecule is CC(=O)c1c(C(=O)Nc2cccc(S(C)(=O)=O)c2)cnn1-c1ccc(Cl)cc1. The van der Waals surface area contributed by atoms with Crippen LogP contribution >= 0.6 is 11.6 Å². The molecule has 28 heavy (non-hydrogen) atoms. The zero-order valence-electron chi connectivity index (χ0n) is 15.0. The lowest BCUT2D eigenvalue weighted by molar-refractivity contribution is 0.0980. The number of nitrogens with zero attached hydrogens (tertiary/aromatic N) is 2. The molecule has 1 heterocycles. The van der Waals surface area contributed by atoms with E-state index in [0.717, 1.165) is 6.26 Å². The van der Waals surface area contributed by atoms with Gasteiger partial charge in [-0.25, -0.2) is 13.1 Å². The summed E-state index contributed by atoms with van der Waals surface area (Å²) in [6.45, 7) is 1.34. The highest BCUT2D eigenvalue weighted by Crippen LogP contribution is 2.20. The van der Waals surface area contributed by atoms with Crippen LogP contribution in [-0.2, 0) is 9.84 Å². The molecule has 1 aromatic heterocycles. The van der Waals surface area contributed by atoms with Gasteiger partial charge in [0.25, 0.3) is 5.91 Å². The van der Waals surface area contributed by atoms with Crippen molar-refractivity contribution in [2.75, 3.05) is 11.6 Å². The molecule has 1 amide bonds. The van der Waals surface area contributed by atoms with Crippen LogP contribution in [0.15, 0.2) is 59.6 Å². The van der Waals surface area contributed by atoms with E-state index in [1.165, 1.54) is 36.0 Å². The number of anilines is 1. The summed E-state index contributed by atoms with van der Waals surface area (Å²) in [5.74, 6) is -0.918. The number of carbonyl (C=O) groups is 2. The smallest absolute Gasteiger partial charge is 0.259 e. The Labute approximate surface area is 166 Å². The van der Waals surface area contributed by atoms with Gasteiger partial charge < -0.3 is 5.32 Å². The molecule has 3 aromatic rings. The van der Waals surface area contributed by atoms with Crippen LogP contribution in [0.25, 0.3) is 5.69 Å². The van der Waals surface area contributed by atoms with Crippen molar-refractivity contribution in [3.05, 3.63) is 71.0 Å². The van der Waals surface area contributed by atoms with Gasteiger partial charge in [0, 0.05) is 23.9 Å². The number of Topliss-reactive ketones (excluding diaryl/α,β-unsaturated/α-hetero) is 1. The summed E-state index contributed by atoms with van der Waals surface area (Å²) in [6, 6.07) is 12.5. The van der Waals surface area contributed by atoms with E-state index >= 15 is 0 Å². The van der Waals surface area contributed by atoms with Crippen LogP contribution < -0.4 is 5.32 Å². The topological polar surface area (TPSA) is 98.1 Å². The van der Waals surface area contributed by atoms with Gasteiger partial charge in [0.1, 0.15) is 5.69 Å². The Morgan fingerprint density at radius 3 is 2.39 bits per heavy atom. The van der Waals surface area contributed by atoms with E-state index in [-0.39, 0.29) is 21.9 Å². The summed E-state index contributed by atoms with van der Waals surface area (Å²) in [5, 5.41) is 7.29. The van der Waals surface area contributed by atoms with Gasteiger partial charge in [-0.05, 0) is 42.5 Å². The second kappa shape index (κ2) is 7.57. The Morgan fingerprint density at radius 2 is 1.79 bits per heavy atom. The molecule has 0 saturated carbocycles. The molecule has 0 aliphatic carbocycles. The van der Waals surface area contributed by atoms with Crippen LogP contribution in [0.4, 0.5) is 5.69 Å². The summed E-state index contributed by atoms with van der Waals surface area (Å²) in [5.41, 5.74) is 1.06. The molecule has 2 aromatic carbocycles. The predicted octanol–water partition coefficient (Wildman–Crippen LogP) is 3.38. The van der Waals surface area contributed by atoms with E-state index in [1.807, 2.05) is 0 Å². The standard InChI is InChI=1S/C19H16ClN3O4S/c1-12(24)18-17(11-21-23(18)15-8-6-13(20)7-9-15)19(25)22-14-4-3-5-16(10-14)28(2,26)27/h3-11H,1-2H3,(H,22,25). The molecule has 7 nitrogen and oxygen atoms in total.